The molecule has 106 valence electrons. The van der Waals surface area contributed by atoms with E-state index in [1.807, 2.05) is 0 Å². The van der Waals surface area contributed by atoms with Gasteiger partial charge in [0.1, 0.15) is 5.82 Å². The Balaban J connectivity index is 2.19. The molecule has 0 aliphatic heterocycles. The van der Waals surface area contributed by atoms with Gasteiger partial charge in [0.25, 0.3) is 10.0 Å². The molecule has 0 amide bonds. The van der Waals surface area contributed by atoms with Crippen LogP contribution in [0, 0.1) is 19.7 Å². The maximum atomic E-state index is 13.2. The van der Waals surface area contributed by atoms with Crippen molar-refractivity contribution >= 4 is 10.0 Å². The van der Waals surface area contributed by atoms with Crippen LogP contribution in [0.1, 0.15) is 36.8 Å². The van der Waals surface area contributed by atoms with Crippen molar-refractivity contribution in [2.45, 2.75) is 50.5 Å². The van der Waals surface area contributed by atoms with E-state index in [9.17, 15) is 12.8 Å². The molecular weight excluding hydrogens is 269 g/mol. The van der Waals surface area contributed by atoms with E-state index in [0.717, 1.165) is 25.7 Å². The molecule has 0 spiro atoms. The normalized spacial score (nSPS) is 17.0. The van der Waals surface area contributed by atoms with Gasteiger partial charge in [-0.05, 0) is 49.9 Å². The van der Waals surface area contributed by atoms with Crippen molar-refractivity contribution in [1.29, 1.82) is 0 Å². The van der Waals surface area contributed by atoms with Crippen molar-refractivity contribution in [3.8, 4) is 0 Å². The average molecular weight is 287 g/mol. The zero-order valence-electron chi connectivity index (χ0n) is 11.1. The lowest BCUT2D eigenvalue weighted by Crippen LogP contribution is -2.29. The zero-order valence-corrected chi connectivity index (χ0v) is 11.9. The summed E-state index contributed by atoms with van der Waals surface area (Å²) >= 11 is 0. The summed E-state index contributed by atoms with van der Waals surface area (Å²) in [5.74, 6) is -0.439. The van der Waals surface area contributed by atoms with Crippen LogP contribution in [-0.2, 0) is 14.9 Å². The Morgan fingerprint density at radius 1 is 1.21 bits per heavy atom. The molecule has 1 aliphatic carbocycles. The first-order valence-corrected chi connectivity index (χ1v) is 7.82. The minimum Gasteiger partial charge on any atom is -0.284 e. The molecule has 1 N–H and O–H groups in total. The van der Waals surface area contributed by atoms with Gasteiger partial charge in [-0.3, -0.25) is 4.84 Å². The predicted molar refractivity (Wildman–Crippen MR) is 69.5 cm³/mol. The van der Waals surface area contributed by atoms with Crippen LogP contribution in [-0.4, -0.2) is 14.5 Å². The molecule has 0 aromatic heterocycles. The number of aryl methyl sites for hydroxylation is 2. The molecule has 2 rings (SSSR count). The Morgan fingerprint density at radius 3 is 2.26 bits per heavy atom. The Kier molecular flexibility index (Phi) is 4.23. The second kappa shape index (κ2) is 5.56. The summed E-state index contributed by atoms with van der Waals surface area (Å²) in [7, 11) is -3.76. The molecule has 1 saturated carbocycles. The third-order valence-corrected chi connectivity index (χ3v) is 4.82. The monoisotopic (exact) mass is 287 g/mol. The van der Waals surface area contributed by atoms with Gasteiger partial charge in [0.15, 0.2) is 0 Å². The van der Waals surface area contributed by atoms with Crippen molar-refractivity contribution < 1.29 is 17.6 Å². The molecule has 0 unspecified atom stereocenters. The highest BCUT2D eigenvalue weighted by Crippen LogP contribution is 2.23. The SMILES string of the molecule is Cc1cc(F)cc(C)c1S(=O)(=O)NOC1CCCC1. The highest BCUT2D eigenvalue weighted by molar-refractivity contribution is 7.89. The molecule has 0 saturated heterocycles. The van der Waals surface area contributed by atoms with Crippen molar-refractivity contribution in [2.75, 3.05) is 0 Å². The molecule has 1 aliphatic rings. The van der Waals surface area contributed by atoms with Crippen LogP contribution >= 0.6 is 0 Å². The first-order valence-electron chi connectivity index (χ1n) is 6.34. The van der Waals surface area contributed by atoms with Gasteiger partial charge in [0, 0.05) is 0 Å². The van der Waals surface area contributed by atoms with Gasteiger partial charge < -0.3 is 0 Å². The third kappa shape index (κ3) is 3.32. The smallest absolute Gasteiger partial charge is 0.263 e. The summed E-state index contributed by atoms with van der Waals surface area (Å²) in [6, 6.07) is 2.41. The molecule has 6 heteroatoms. The molecule has 0 heterocycles. The molecule has 19 heavy (non-hydrogen) atoms. The fraction of sp³-hybridized carbons (Fsp3) is 0.538. The summed E-state index contributed by atoms with van der Waals surface area (Å²) < 4.78 is 37.5. The fourth-order valence-electron chi connectivity index (χ4n) is 2.50. The van der Waals surface area contributed by atoms with Crippen LogP contribution in [0.25, 0.3) is 0 Å². The second-order valence-corrected chi connectivity index (χ2v) is 6.56. The lowest BCUT2D eigenvalue weighted by molar-refractivity contribution is 0.0223. The Labute approximate surface area is 113 Å². The first-order chi connectivity index (χ1) is 8.90. The van der Waals surface area contributed by atoms with Gasteiger partial charge >= 0.3 is 0 Å². The van der Waals surface area contributed by atoms with Gasteiger partial charge in [-0.1, -0.05) is 17.7 Å². The lowest BCUT2D eigenvalue weighted by atomic mass is 10.1. The largest absolute Gasteiger partial charge is 0.284 e. The summed E-state index contributed by atoms with van der Waals surface area (Å²) in [4.78, 5) is 7.49. The Bertz CT molecular complexity index is 542. The van der Waals surface area contributed by atoms with E-state index >= 15 is 0 Å². The van der Waals surface area contributed by atoms with E-state index in [0.29, 0.717) is 11.1 Å². The van der Waals surface area contributed by atoms with Crippen molar-refractivity contribution in [3.05, 3.63) is 29.1 Å². The first kappa shape index (κ1) is 14.4. The van der Waals surface area contributed by atoms with Gasteiger partial charge in [-0.15, -0.1) is 0 Å². The molecule has 1 aromatic rings. The average Bonchev–Trinajstić information content (AvgIpc) is 2.77. The number of nitrogens with one attached hydrogen (secondary N) is 1. The Hall–Kier alpha value is -0.980. The molecule has 1 fully saturated rings. The van der Waals surface area contributed by atoms with E-state index in [1.165, 1.54) is 12.1 Å². The van der Waals surface area contributed by atoms with E-state index < -0.39 is 15.8 Å². The maximum absolute atomic E-state index is 13.2. The van der Waals surface area contributed by atoms with Crippen LogP contribution in [0.2, 0.25) is 0 Å². The number of sulfonamides is 1. The van der Waals surface area contributed by atoms with Gasteiger partial charge in [0.2, 0.25) is 0 Å². The zero-order chi connectivity index (χ0) is 14.0. The quantitative estimate of drug-likeness (QED) is 0.866. The summed E-state index contributed by atoms with van der Waals surface area (Å²) in [6.07, 6.45) is 3.78. The lowest BCUT2D eigenvalue weighted by Gasteiger charge is -2.15. The fourth-order valence-corrected chi connectivity index (χ4v) is 3.81. The number of benzene rings is 1. The molecular formula is C13H18FNO3S. The van der Waals surface area contributed by atoms with Crippen molar-refractivity contribution in [3.63, 3.8) is 0 Å². The topological polar surface area (TPSA) is 55.4 Å². The Morgan fingerprint density at radius 2 is 1.74 bits per heavy atom. The number of hydrogen-bond acceptors (Lipinski definition) is 3. The van der Waals surface area contributed by atoms with Gasteiger partial charge in [-0.2, -0.15) is 0 Å². The number of rotatable bonds is 4. The van der Waals surface area contributed by atoms with Crippen molar-refractivity contribution in [1.82, 2.24) is 4.89 Å². The van der Waals surface area contributed by atoms with E-state index in [-0.39, 0.29) is 11.0 Å². The number of halogens is 1. The van der Waals surface area contributed by atoms with Gasteiger partial charge in [0.05, 0.1) is 11.0 Å². The van der Waals surface area contributed by atoms with Crippen LogP contribution < -0.4 is 4.89 Å². The highest BCUT2D eigenvalue weighted by Gasteiger charge is 2.23. The molecule has 1 aromatic carbocycles. The standard InChI is InChI=1S/C13H18FNO3S/c1-9-7-11(14)8-10(2)13(9)19(16,17)15-18-12-5-3-4-6-12/h7-8,12,15H,3-6H2,1-2H3. The summed E-state index contributed by atoms with van der Waals surface area (Å²) in [5.41, 5.74) is 0.750. The molecule has 0 atom stereocenters. The molecule has 0 bridgehead atoms. The summed E-state index contributed by atoms with van der Waals surface area (Å²) in [5, 5.41) is 0. The van der Waals surface area contributed by atoms with Crippen LogP contribution in [0.3, 0.4) is 0 Å². The highest BCUT2D eigenvalue weighted by atomic mass is 32.2. The van der Waals surface area contributed by atoms with Crippen LogP contribution in [0.4, 0.5) is 4.39 Å². The van der Waals surface area contributed by atoms with E-state index in [1.54, 1.807) is 13.8 Å². The van der Waals surface area contributed by atoms with Crippen LogP contribution in [0.5, 0.6) is 0 Å². The number of hydrogen-bond donors (Lipinski definition) is 1. The minimum atomic E-state index is -3.76. The maximum Gasteiger partial charge on any atom is 0.263 e. The molecule has 4 nitrogen and oxygen atoms in total. The van der Waals surface area contributed by atoms with E-state index in [4.69, 9.17) is 4.84 Å². The van der Waals surface area contributed by atoms with Gasteiger partial charge in [-0.25, -0.2) is 12.8 Å². The van der Waals surface area contributed by atoms with Crippen molar-refractivity contribution in [2.24, 2.45) is 0 Å². The molecule has 0 radical (unpaired) electrons. The minimum absolute atomic E-state index is 0.0594. The van der Waals surface area contributed by atoms with E-state index in [2.05, 4.69) is 4.89 Å². The predicted octanol–water partition coefficient (Wildman–Crippen LogP) is 2.60. The third-order valence-electron chi connectivity index (χ3n) is 3.32. The summed E-state index contributed by atoms with van der Waals surface area (Å²) in [6.45, 7) is 3.14. The second-order valence-electron chi connectivity index (χ2n) is 4.98. The van der Waals surface area contributed by atoms with Crippen LogP contribution in [0.15, 0.2) is 17.0 Å².